The van der Waals surface area contributed by atoms with E-state index in [1.165, 1.54) is 0 Å². The molecule has 3 aliphatic rings. The summed E-state index contributed by atoms with van der Waals surface area (Å²) >= 11 is 0. The number of nitrogens with zero attached hydrogens (tertiary/aromatic N) is 4. The van der Waals surface area contributed by atoms with Crippen LogP contribution in [0.2, 0.25) is 0 Å². The Balaban J connectivity index is 1.45. The largest absolute Gasteiger partial charge is 0.493 e. The molecule has 0 saturated carbocycles. The molecule has 8 nitrogen and oxygen atoms in total. The lowest BCUT2D eigenvalue weighted by Gasteiger charge is -2.27. The topological polar surface area (TPSA) is 84.9 Å². The van der Waals surface area contributed by atoms with Crippen LogP contribution in [0.3, 0.4) is 0 Å². The fourth-order valence-electron chi connectivity index (χ4n) is 3.47. The summed E-state index contributed by atoms with van der Waals surface area (Å²) in [7, 11) is 1.65. The van der Waals surface area contributed by atoms with Crippen molar-refractivity contribution in [1.29, 1.82) is 0 Å². The van der Waals surface area contributed by atoms with Crippen molar-refractivity contribution in [1.82, 2.24) is 9.80 Å². The van der Waals surface area contributed by atoms with E-state index in [2.05, 4.69) is 14.9 Å². The van der Waals surface area contributed by atoms with Gasteiger partial charge >= 0.3 is 0 Å². The summed E-state index contributed by atoms with van der Waals surface area (Å²) < 4.78 is 16.9. The predicted octanol–water partition coefficient (Wildman–Crippen LogP) is 0.818. The van der Waals surface area contributed by atoms with Crippen LogP contribution in [-0.2, 0) is 4.74 Å². The van der Waals surface area contributed by atoms with Gasteiger partial charge in [-0.05, 0) is 12.5 Å². The molecule has 4 rings (SSSR count). The summed E-state index contributed by atoms with van der Waals surface area (Å²) in [6, 6.07) is 3.84. The maximum absolute atomic E-state index is 6.07. The van der Waals surface area contributed by atoms with Crippen LogP contribution in [0.15, 0.2) is 22.1 Å². The van der Waals surface area contributed by atoms with E-state index < -0.39 is 0 Å². The van der Waals surface area contributed by atoms with E-state index in [0.29, 0.717) is 24.1 Å². The van der Waals surface area contributed by atoms with Crippen molar-refractivity contribution in [3.05, 3.63) is 17.7 Å². The van der Waals surface area contributed by atoms with Crippen molar-refractivity contribution in [3.8, 4) is 11.5 Å². The smallest absolute Gasteiger partial charge is 0.202 e. The molecule has 2 N–H and O–H groups in total. The number of methoxy groups -OCH3 is 1. The minimum Gasteiger partial charge on any atom is -0.493 e. The van der Waals surface area contributed by atoms with E-state index in [-0.39, 0.29) is 0 Å². The summed E-state index contributed by atoms with van der Waals surface area (Å²) in [5.74, 6) is 2.74. The van der Waals surface area contributed by atoms with E-state index in [0.717, 1.165) is 69.4 Å². The molecular formula is C18H25N5O3. The van der Waals surface area contributed by atoms with Crippen LogP contribution in [0.5, 0.6) is 11.5 Å². The normalized spacial score (nSPS) is 19.5. The van der Waals surface area contributed by atoms with Gasteiger partial charge in [0.2, 0.25) is 5.96 Å². The number of nitrogens with two attached hydrogens (primary N) is 1. The molecular weight excluding hydrogens is 334 g/mol. The van der Waals surface area contributed by atoms with E-state index in [1.54, 1.807) is 7.11 Å². The van der Waals surface area contributed by atoms with Gasteiger partial charge in [-0.1, -0.05) is 0 Å². The van der Waals surface area contributed by atoms with E-state index in [4.69, 9.17) is 19.9 Å². The molecule has 0 aromatic heterocycles. The number of guanidine groups is 1. The Morgan fingerprint density at radius 3 is 2.85 bits per heavy atom. The van der Waals surface area contributed by atoms with Gasteiger partial charge in [-0.15, -0.1) is 0 Å². The average Bonchev–Trinajstić information content (AvgIpc) is 3.16. The first kappa shape index (κ1) is 17.1. The Morgan fingerprint density at radius 2 is 2.04 bits per heavy atom. The molecule has 0 aliphatic carbocycles. The van der Waals surface area contributed by atoms with Crippen LogP contribution in [0.4, 0.5) is 5.69 Å². The van der Waals surface area contributed by atoms with Crippen molar-refractivity contribution < 1.29 is 14.2 Å². The number of rotatable bonds is 6. The molecule has 0 amide bonds. The molecule has 26 heavy (non-hydrogen) atoms. The summed E-state index contributed by atoms with van der Waals surface area (Å²) in [6.45, 7) is 6.76. The Hall–Kier alpha value is -2.32. The zero-order valence-corrected chi connectivity index (χ0v) is 15.1. The molecule has 1 saturated heterocycles. The Morgan fingerprint density at radius 1 is 1.19 bits per heavy atom. The lowest BCUT2D eigenvalue weighted by atomic mass is 10.1. The summed E-state index contributed by atoms with van der Waals surface area (Å²) in [6.07, 6.45) is 0.951. The first-order chi connectivity index (χ1) is 12.8. The number of amidine groups is 1. The number of ether oxygens (including phenoxy) is 3. The zero-order valence-electron chi connectivity index (χ0n) is 15.1. The van der Waals surface area contributed by atoms with Crippen LogP contribution >= 0.6 is 0 Å². The molecule has 0 spiro atoms. The molecule has 1 aromatic rings. The molecule has 3 aliphatic heterocycles. The molecule has 1 fully saturated rings. The fourth-order valence-corrected chi connectivity index (χ4v) is 3.47. The molecule has 8 heteroatoms. The number of hydrogen-bond donors (Lipinski definition) is 1. The minimum absolute atomic E-state index is 0.484. The standard InChI is InChI=1S/C18H25N5O3/c1-24-15-11-13-14(21-18(19)23-5-3-20-17(13)23)12-16(15)26-8-2-4-22-6-9-25-10-7-22/h11-12H,2-10H2,1H3,(H2,19,21). The third kappa shape index (κ3) is 3.34. The van der Waals surface area contributed by atoms with Crippen LogP contribution in [-0.4, -0.2) is 81.2 Å². The van der Waals surface area contributed by atoms with Crippen molar-refractivity contribution >= 4 is 17.5 Å². The second-order valence-corrected chi connectivity index (χ2v) is 6.50. The highest BCUT2D eigenvalue weighted by Gasteiger charge is 2.29. The maximum atomic E-state index is 6.07. The van der Waals surface area contributed by atoms with Gasteiger partial charge in [-0.25, -0.2) is 4.99 Å². The van der Waals surface area contributed by atoms with Crippen molar-refractivity contribution in [2.75, 3.05) is 59.7 Å². The van der Waals surface area contributed by atoms with Gasteiger partial charge in [-0.3, -0.25) is 14.8 Å². The summed E-state index contributed by atoms with van der Waals surface area (Å²) in [5, 5.41) is 0. The summed E-state index contributed by atoms with van der Waals surface area (Å²) in [5.41, 5.74) is 7.79. The third-order valence-electron chi connectivity index (χ3n) is 4.86. The number of aliphatic imine (C=N–C) groups is 2. The van der Waals surface area contributed by atoms with Gasteiger partial charge in [0, 0.05) is 37.8 Å². The quantitative estimate of drug-likeness (QED) is 0.757. The Kier molecular flexibility index (Phi) is 4.94. The van der Waals surface area contributed by atoms with Crippen LogP contribution < -0.4 is 15.2 Å². The Bertz CT molecular complexity index is 728. The minimum atomic E-state index is 0.484. The van der Waals surface area contributed by atoms with Gasteiger partial charge in [-0.2, -0.15) is 0 Å². The molecule has 0 radical (unpaired) electrons. The SMILES string of the molecule is COc1cc2c(cc1OCCCN1CCOCC1)N=C(N)N1CCN=C21. The zero-order chi connectivity index (χ0) is 17.9. The van der Waals surface area contributed by atoms with Crippen molar-refractivity contribution in [2.45, 2.75) is 6.42 Å². The number of fused-ring (bicyclic) bond motifs is 3. The average molecular weight is 359 g/mol. The molecule has 140 valence electrons. The highest BCUT2D eigenvalue weighted by molar-refractivity contribution is 6.15. The maximum Gasteiger partial charge on any atom is 0.202 e. The molecule has 1 aromatic carbocycles. The van der Waals surface area contributed by atoms with Crippen molar-refractivity contribution in [2.24, 2.45) is 15.7 Å². The van der Waals surface area contributed by atoms with Crippen LogP contribution in [0.25, 0.3) is 0 Å². The van der Waals surface area contributed by atoms with Crippen LogP contribution in [0.1, 0.15) is 12.0 Å². The second-order valence-electron chi connectivity index (χ2n) is 6.50. The van der Waals surface area contributed by atoms with Crippen LogP contribution in [0, 0.1) is 0 Å². The summed E-state index contributed by atoms with van der Waals surface area (Å²) in [4.78, 5) is 13.4. The number of hydrogen-bond acceptors (Lipinski definition) is 8. The van der Waals surface area contributed by atoms with Gasteiger partial charge in [0.15, 0.2) is 11.5 Å². The van der Waals surface area contributed by atoms with E-state index in [9.17, 15) is 0 Å². The predicted molar refractivity (Wildman–Crippen MR) is 99.8 cm³/mol. The highest BCUT2D eigenvalue weighted by Crippen LogP contribution is 2.38. The lowest BCUT2D eigenvalue weighted by molar-refractivity contribution is 0.0357. The van der Waals surface area contributed by atoms with E-state index >= 15 is 0 Å². The first-order valence-electron chi connectivity index (χ1n) is 9.08. The fraction of sp³-hybridized carbons (Fsp3) is 0.556. The highest BCUT2D eigenvalue weighted by atomic mass is 16.5. The number of benzene rings is 1. The molecule has 0 atom stereocenters. The van der Waals surface area contributed by atoms with Gasteiger partial charge < -0.3 is 19.9 Å². The number of morpholine rings is 1. The van der Waals surface area contributed by atoms with Gasteiger partial charge in [0.1, 0.15) is 5.84 Å². The first-order valence-corrected chi connectivity index (χ1v) is 9.08. The third-order valence-corrected chi connectivity index (χ3v) is 4.86. The monoisotopic (exact) mass is 359 g/mol. The lowest BCUT2D eigenvalue weighted by Crippen LogP contribution is -2.42. The second kappa shape index (κ2) is 7.51. The van der Waals surface area contributed by atoms with Gasteiger partial charge in [0.25, 0.3) is 0 Å². The van der Waals surface area contributed by atoms with E-state index in [1.807, 2.05) is 17.0 Å². The van der Waals surface area contributed by atoms with Gasteiger partial charge in [0.05, 0.1) is 39.2 Å². The van der Waals surface area contributed by atoms with Crippen molar-refractivity contribution in [3.63, 3.8) is 0 Å². The molecule has 3 heterocycles. The molecule has 0 unspecified atom stereocenters. The molecule has 0 bridgehead atoms. The Labute approximate surface area is 153 Å².